The summed E-state index contributed by atoms with van der Waals surface area (Å²) < 4.78 is 0. The first kappa shape index (κ1) is 18.0. The third kappa shape index (κ3) is 2.77. The Labute approximate surface area is 181 Å². The third-order valence-corrected chi connectivity index (χ3v) is 6.42. The van der Waals surface area contributed by atoms with E-state index in [2.05, 4.69) is 109 Å². The van der Waals surface area contributed by atoms with E-state index in [1.54, 1.807) is 6.33 Å². The summed E-state index contributed by atoms with van der Waals surface area (Å²) in [6.45, 7) is 4.57. The summed E-state index contributed by atoms with van der Waals surface area (Å²) in [7, 11) is 0. The molecule has 0 aliphatic heterocycles. The molecule has 3 heteroatoms. The molecule has 0 spiro atoms. The topological polar surface area (TPSA) is 38.7 Å². The van der Waals surface area contributed by atoms with Gasteiger partial charge in [-0.2, -0.15) is 0 Å². The minimum Gasteiger partial charge on any atom is -0.217 e. The molecule has 0 fully saturated rings. The van der Waals surface area contributed by atoms with E-state index in [1.165, 1.54) is 33.0 Å². The molecular formula is C28H21N3. The van der Waals surface area contributed by atoms with E-state index in [0.29, 0.717) is 11.6 Å². The van der Waals surface area contributed by atoms with Crippen molar-refractivity contribution in [3.8, 4) is 33.9 Å². The van der Waals surface area contributed by atoms with Crippen molar-refractivity contribution in [3.05, 3.63) is 102 Å². The van der Waals surface area contributed by atoms with Gasteiger partial charge in [0.1, 0.15) is 6.33 Å². The second-order valence-electron chi connectivity index (χ2n) is 8.63. The predicted molar refractivity (Wildman–Crippen MR) is 126 cm³/mol. The molecule has 0 saturated heterocycles. The fraction of sp³-hybridized carbons (Fsp3) is 0.107. The van der Waals surface area contributed by atoms with Gasteiger partial charge >= 0.3 is 0 Å². The van der Waals surface area contributed by atoms with Crippen molar-refractivity contribution in [2.45, 2.75) is 19.3 Å². The Balaban J connectivity index is 1.44. The maximum absolute atomic E-state index is 4.82. The molecule has 1 heterocycles. The first-order valence-corrected chi connectivity index (χ1v) is 10.5. The molecule has 31 heavy (non-hydrogen) atoms. The van der Waals surface area contributed by atoms with E-state index in [0.717, 1.165) is 11.1 Å². The van der Waals surface area contributed by atoms with Gasteiger partial charge in [0, 0.05) is 16.5 Å². The Bertz CT molecular complexity index is 1470. The highest BCUT2D eigenvalue weighted by Gasteiger charge is 2.35. The van der Waals surface area contributed by atoms with Gasteiger partial charge in [0.15, 0.2) is 11.6 Å². The van der Waals surface area contributed by atoms with Crippen LogP contribution in [0.5, 0.6) is 0 Å². The van der Waals surface area contributed by atoms with E-state index in [1.807, 2.05) is 0 Å². The van der Waals surface area contributed by atoms with E-state index in [4.69, 9.17) is 4.98 Å². The van der Waals surface area contributed by atoms with E-state index >= 15 is 0 Å². The van der Waals surface area contributed by atoms with Crippen molar-refractivity contribution in [3.63, 3.8) is 0 Å². The predicted octanol–water partition coefficient (Wildman–Crippen LogP) is 6.67. The molecule has 1 aromatic heterocycles. The van der Waals surface area contributed by atoms with Gasteiger partial charge in [0.25, 0.3) is 0 Å². The van der Waals surface area contributed by atoms with Crippen molar-refractivity contribution in [2.75, 3.05) is 0 Å². The van der Waals surface area contributed by atoms with Gasteiger partial charge in [-0.3, -0.25) is 0 Å². The minimum absolute atomic E-state index is 0.0455. The average Bonchev–Trinajstić information content (AvgIpc) is 3.05. The van der Waals surface area contributed by atoms with Gasteiger partial charge in [-0.05, 0) is 45.2 Å². The van der Waals surface area contributed by atoms with Crippen molar-refractivity contribution in [2.24, 2.45) is 0 Å². The molecule has 6 rings (SSSR count). The quantitative estimate of drug-likeness (QED) is 0.333. The van der Waals surface area contributed by atoms with Crippen molar-refractivity contribution >= 4 is 10.8 Å². The fourth-order valence-electron chi connectivity index (χ4n) is 4.75. The van der Waals surface area contributed by atoms with Crippen LogP contribution in [0.15, 0.2) is 91.3 Å². The van der Waals surface area contributed by atoms with Gasteiger partial charge in [-0.1, -0.05) is 86.6 Å². The molecule has 1 aliphatic rings. The summed E-state index contributed by atoms with van der Waals surface area (Å²) in [5.41, 5.74) is 7.28. The second kappa shape index (κ2) is 6.58. The Morgan fingerprint density at radius 3 is 2.06 bits per heavy atom. The van der Waals surface area contributed by atoms with Crippen LogP contribution in [0, 0.1) is 0 Å². The first-order chi connectivity index (χ1) is 15.1. The molecule has 0 radical (unpaired) electrons. The van der Waals surface area contributed by atoms with Crippen LogP contribution in [0.3, 0.4) is 0 Å². The molecule has 1 aliphatic carbocycles. The number of benzene rings is 4. The Hall–Kier alpha value is -3.85. The lowest BCUT2D eigenvalue weighted by molar-refractivity contribution is 0.660. The zero-order chi connectivity index (χ0) is 21.0. The zero-order valence-corrected chi connectivity index (χ0v) is 17.5. The molecule has 0 amide bonds. The van der Waals surface area contributed by atoms with Crippen LogP contribution in [0.1, 0.15) is 25.0 Å². The molecule has 148 valence electrons. The van der Waals surface area contributed by atoms with Gasteiger partial charge < -0.3 is 0 Å². The molecule has 4 aromatic carbocycles. The molecule has 0 unspecified atom stereocenters. The highest BCUT2D eigenvalue weighted by atomic mass is 15.0. The summed E-state index contributed by atoms with van der Waals surface area (Å²) in [5, 5.41) is 2.39. The first-order valence-electron chi connectivity index (χ1n) is 10.5. The smallest absolute Gasteiger partial charge is 0.163 e. The molecule has 3 nitrogen and oxygen atoms in total. The second-order valence-corrected chi connectivity index (χ2v) is 8.63. The van der Waals surface area contributed by atoms with Gasteiger partial charge in [-0.15, -0.1) is 0 Å². The number of aromatic nitrogens is 3. The molecule has 0 N–H and O–H groups in total. The van der Waals surface area contributed by atoms with Crippen molar-refractivity contribution in [1.29, 1.82) is 0 Å². The lowest BCUT2D eigenvalue weighted by Gasteiger charge is -2.21. The van der Waals surface area contributed by atoms with Gasteiger partial charge in [0.05, 0.1) is 0 Å². The van der Waals surface area contributed by atoms with E-state index in [9.17, 15) is 0 Å². The summed E-state index contributed by atoms with van der Waals surface area (Å²) in [6, 6.07) is 29.9. The number of nitrogens with zero attached hydrogens (tertiary/aromatic N) is 3. The number of rotatable bonds is 2. The monoisotopic (exact) mass is 399 g/mol. The van der Waals surface area contributed by atoms with Crippen LogP contribution >= 0.6 is 0 Å². The van der Waals surface area contributed by atoms with Crippen LogP contribution in [0.2, 0.25) is 0 Å². The lowest BCUT2D eigenvalue weighted by Crippen LogP contribution is -2.15. The Morgan fingerprint density at radius 2 is 1.23 bits per heavy atom. The largest absolute Gasteiger partial charge is 0.217 e. The van der Waals surface area contributed by atoms with E-state index in [-0.39, 0.29) is 5.41 Å². The van der Waals surface area contributed by atoms with Gasteiger partial charge in [-0.25, -0.2) is 15.0 Å². The van der Waals surface area contributed by atoms with Crippen LogP contribution < -0.4 is 0 Å². The van der Waals surface area contributed by atoms with Crippen LogP contribution in [0.4, 0.5) is 0 Å². The molecule has 0 bridgehead atoms. The standard InChI is InChI=1S/C28H21N3/c1-28(2)24-10-6-5-9-22(24)23-14-13-21(16-25(23)28)27-30-17-29-26(31-27)20-12-11-18-7-3-4-8-19(18)15-20/h3-17H,1-2H3. The van der Waals surface area contributed by atoms with Crippen molar-refractivity contribution < 1.29 is 0 Å². The minimum atomic E-state index is -0.0455. The lowest BCUT2D eigenvalue weighted by atomic mass is 9.82. The van der Waals surface area contributed by atoms with Crippen LogP contribution in [-0.2, 0) is 5.41 Å². The summed E-state index contributed by atoms with van der Waals surface area (Å²) in [4.78, 5) is 13.8. The number of hydrogen-bond donors (Lipinski definition) is 0. The average molecular weight is 399 g/mol. The Kier molecular flexibility index (Phi) is 3.81. The van der Waals surface area contributed by atoms with Crippen molar-refractivity contribution in [1.82, 2.24) is 15.0 Å². The normalized spacial score (nSPS) is 13.7. The maximum atomic E-state index is 4.82. The highest BCUT2D eigenvalue weighted by Crippen LogP contribution is 2.49. The Morgan fingerprint density at radius 1 is 0.581 bits per heavy atom. The fourth-order valence-corrected chi connectivity index (χ4v) is 4.75. The zero-order valence-electron chi connectivity index (χ0n) is 17.5. The molecule has 0 saturated carbocycles. The SMILES string of the molecule is CC1(C)c2ccccc2-c2ccc(-c3ncnc(-c4ccc5ccccc5c4)n3)cc21. The highest BCUT2D eigenvalue weighted by molar-refractivity contribution is 5.86. The number of hydrogen-bond acceptors (Lipinski definition) is 3. The van der Waals surface area contributed by atoms with Crippen LogP contribution in [-0.4, -0.2) is 15.0 Å². The van der Waals surface area contributed by atoms with E-state index < -0.39 is 0 Å². The molecular weight excluding hydrogens is 378 g/mol. The summed E-state index contributed by atoms with van der Waals surface area (Å²) in [5.74, 6) is 1.39. The number of fused-ring (bicyclic) bond motifs is 4. The third-order valence-electron chi connectivity index (χ3n) is 6.42. The summed E-state index contributed by atoms with van der Waals surface area (Å²) >= 11 is 0. The van der Waals surface area contributed by atoms with Crippen LogP contribution in [0.25, 0.3) is 44.7 Å². The molecule has 0 atom stereocenters. The maximum Gasteiger partial charge on any atom is 0.163 e. The summed E-state index contributed by atoms with van der Waals surface area (Å²) in [6.07, 6.45) is 1.61. The van der Waals surface area contributed by atoms with Gasteiger partial charge in [0.2, 0.25) is 0 Å². The molecule has 5 aromatic rings.